The highest BCUT2D eigenvalue weighted by molar-refractivity contribution is 5.98. The van der Waals surface area contributed by atoms with Crippen LogP contribution in [0.3, 0.4) is 0 Å². The quantitative estimate of drug-likeness (QED) is 0.639. The van der Waals surface area contributed by atoms with Crippen LogP contribution in [0.4, 0.5) is 0 Å². The van der Waals surface area contributed by atoms with Crippen molar-refractivity contribution in [3.8, 4) is 17.1 Å². The molecule has 0 aliphatic heterocycles. The number of aromatic nitrogens is 2. The minimum absolute atomic E-state index is 0.165. The van der Waals surface area contributed by atoms with E-state index < -0.39 is 11.9 Å². The lowest BCUT2D eigenvalue weighted by Crippen LogP contribution is -2.30. The Balaban J connectivity index is 1.49. The maximum atomic E-state index is 12.1. The maximum absolute atomic E-state index is 12.1. The lowest BCUT2D eigenvalue weighted by molar-refractivity contribution is -0.144. The number of benzene rings is 2. The number of hydrogen-bond donors (Lipinski definition) is 1. The van der Waals surface area contributed by atoms with E-state index in [2.05, 4.69) is 15.5 Å². The first-order chi connectivity index (χ1) is 13.2. The molecule has 1 heterocycles. The fourth-order valence-electron chi connectivity index (χ4n) is 2.29. The van der Waals surface area contributed by atoms with Gasteiger partial charge in [-0.15, -0.1) is 0 Å². The molecule has 1 N–H and O–H groups in total. The normalized spacial score (nSPS) is 10.3. The van der Waals surface area contributed by atoms with E-state index >= 15 is 0 Å². The Morgan fingerprint density at radius 3 is 2.59 bits per heavy atom. The van der Waals surface area contributed by atoms with E-state index in [9.17, 15) is 9.59 Å². The van der Waals surface area contributed by atoms with Gasteiger partial charge >= 0.3 is 5.97 Å². The summed E-state index contributed by atoms with van der Waals surface area (Å²) in [4.78, 5) is 28.1. The molecule has 138 valence electrons. The number of para-hydroxylation sites is 1. The summed E-state index contributed by atoms with van der Waals surface area (Å²) in [5.41, 5.74) is 1.13. The van der Waals surface area contributed by atoms with Crippen molar-refractivity contribution in [2.45, 2.75) is 6.61 Å². The molecule has 8 heteroatoms. The van der Waals surface area contributed by atoms with Gasteiger partial charge in [-0.25, -0.2) is 0 Å². The zero-order chi connectivity index (χ0) is 19.1. The highest BCUT2D eigenvalue weighted by atomic mass is 16.6. The van der Waals surface area contributed by atoms with E-state index in [-0.39, 0.29) is 19.0 Å². The Labute approximate surface area is 155 Å². The molecule has 0 radical (unpaired) electrons. The van der Waals surface area contributed by atoms with Crippen LogP contribution < -0.4 is 10.1 Å². The zero-order valence-electron chi connectivity index (χ0n) is 14.5. The summed E-state index contributed by atoms with van der Waals surface area (Å²) in [6.07, 6.45) is 0. The van der Waals surface area contributed by atoms with Crippen LogP contribution in [0, 0.1) is 0 Å². The van der Waals surface area contributed by atoms with Crippen LogP contribution in [0.5, 0.6) is 5.75 Å². The van der Waals surface area contributed by atoms with E-state index in [1.165, 1.54) is 7.11 Å². The Morgan fingerprint density at radius 1 is 1.07 bits per heavy atom. The predicted molar refractivity (Wildman–Crippen MR) is 94.9 cm³/mol. The number of methoxy groups -OCH3 is 1. The molecule has 2 aromatic carbocycles. The van der Waals surface area contributed by atoms with Gasteiger partial charge in [0, 0.05) is 5.56 Å². The highest BCUT2D eigenvalue weighted by Gasteiger charge is 2.14. The van der Waals surface area contributed by atoms with Gasteiger partial charge < -0.3 is 19.3 Å². The van der Waals surface area contributed by atoms with Crippen LogP contribution in [0.1, 0.15) is 16.2 Å². The minimum Gasteiger partial charge on any atom is -0.496 e. The van der Waals surface area contributed by atoms with Gasteiger partial charge in [0.15, 0.2) is 6.61 Å². The summed E-state index contributed by atoms with van der Waals surface area (Å²) < 4.78 is 15.2. The average Bonchev–Trinajstić information content (AvgIpc) is 3.20. The van der Waals surface area contributed by atoms with Gasteiger partial charge in [0.2, 0.25) is 5.82 Å². The van der Waals surface area contributed by atoms with E-state index in [0.717, 1.165) is 5.56 Å². The van der Waals surface area contributed by atoms with Gasteiger partial charge in [-0.1, -0.05) is 47.6 Å². The third-order valence-electron chi connectivity index (χ3n) is 3.60. The molecule has 0 fully saturated rings. The van der Waals surface area contributed by atoms with E-state index in [4.69, 9.17) is 14.0 Å². The first-order valence-corrected chi connectivity index (χ1v) is 8.12. The molecule has 3 aromatic rings. The molecule has 8 nitrogen and oxygen atoms in total. The highest BCUT2D eigenvalue weighted by Crippen LogP contribution is 2.17. The summed E-state index contributed by atoms with van der Waals surface area (Å²) in [7, 11) is 1.47. The minimum atomic E-state index is -0.627. The number of rotatable bonds is 7. The van der Waals surface area contributed by atoms with Crippen LogP contribution in [0.15, 0.2) is 59.1 Å². The van der Waals surface area contributed by atoms with Gasteiger partial charge in [0.25, 0.3) is 11.8 Å². The Morgan fingerprint density at radius 2 is 1.81 bits per heavy atom. The fraction of sp³-hybridized carbons (Fsp3) is 0.158. The zero-order valence-corrected chi connectivity index (χ0v) is 14.5. The topological polar surface area (TPSA) is 104 Å². The Bertz CT molecular complexity index is 924. The van der Waals surface area contributed by atoms with Crippen molar-refractivity contribution in [2.24, 2.45) is 0 Å². The molecule has 0 spiro atoms. The second-order valence-electron chi connectivity index (χ2n) is 5.42. The van der Waals surface area contributed by atoms with Gasteiger partial charge in [-0.3, -0.25) is 9.59 Å². The number of esters is 1. The third-order valence-corrected chi connectivity index (χ3v) is 3.60. The average molecular weight is 367 g/mol. The molecular weight excluding hydrogens is 350 g/mol. The van der Waals surface area contributed by atoms with Crippen molar-refractivity contribution in [1.29, 1.82) is 0 Å². The van der Waals surface area contributed by atoms with Crippen molar-refractivity contribution in [3.63, 3.8) is 0 Å². The monoisotopic (exact) mass is 367 g/mol. The predicted octanol–water partition coefficient (Wildman–Crippen LogP) is 2.22. The number of nitrogens with zero attached hydrogens (tertiary/aromatic N) is 2. The molecule has 1 amide bonds. The van der Waals surface area contributed by atoms with Gasteiger partial charge in [-0.05, 0) is 12.1 Å². The maximum Gasteiger partial charge on any atom is 0.325 e. The summed E-state index contributed by atoms with van der Waals surface area (Å²) >= 11 is 0. The summed E-state index contributed by atoms with van der Waals surface area (Å²) in [6.45, 7) is -0.472. The van der Waals surface area contributed by atoms with Crippen molar-refractivity contribution >= 4 is 11.9 Å². The number of nitrogens with one attached hydrogen (secondary N) is 1. The molecule has 0 aliphatic rings. The number of ether oxygens (including phenoxy) is 2. The Kier molecular flexibility index (Phi) is 5.78. The van der Waals surface area contributed by atoms with Crippen LogP contribution >= 0.6 is 0 Å². The lowest BCUT2D eigenvalue weighted by atomic mass is 10.2. The molecule has 27 heavy (non-hydrogen) atoms. The van der Waals surface area contributed by atoms with E-state index in [1.807, 2.05) is 30.3 Å². The summed E-state index contributed by atoms with van der Waals surface area (Å²) in [5, 5.41) is 6.32. The summed E-state index contributed by atoms with van der Waals surface area (Å²) in [6, 6.07) is 16.0. The standard InChI is InChI=1S/C19H17N3O5/c1-25-15-10-6-5-9-14(15)19(24)20-11-17(23)26-12-16-21-18(22-27-16)13-7-3-2-4-8-13/h2-10H,11-12H2,1H3,(H,20,24). The molecule has 0 saturated heterocycles. The van der Waals surface area contributed by atoms with Crippen LogP contribution in [-0.4, -0.2) is 35.7 Å². The van der Waals surface area contributed by atoms with Crippen molar-refractivity contribution < 1.29 is 23.6 Å². The van der Waals surface area contributed by atoms with Crippen molar-refractivity contribution in [3.05, 3.63) is 66.1 Å². The molecule has 0 bridgehead atoms. The van der Waals surface area contributed by atoms with Crippen LogP contribution in [0.25, 0.3) is 11.4 Å². The summed E-state index contributed by atoms with van der Waals surface area (Å²) in [5.74, 6) is -0.0710. The number of amides is 1. The molecule has 0 atom stereocenters. The third kappa shape index (κ3) is 4.69. The second kappa shape index (κ2) is 8.61. The first-order valence-electron chi connectivity index (χ1n) is 8.12. The van der Waals surface area contributed by atoms with Crippen molar-refractivity contribution in [1.82, 2.24) is 15.5 Å². The van der Waals surface area contributed by atoms with E-state index in [1.54, 1.807) is 24.3 Å². The number of carbonyl (C=O) groups is 2. The van der Waals surface area contributed by atoms with Crippen LogP contribution in [-0.2, 0) is 16.1 Å². The molecule has 1 aromatic heterocycles. The molecule has 3 rings (SSSR count). The molecular formula is C19H17N3O5. The largest absolute Gasteiger partial charge is 0.496 e. The van der Waals surface area contributed by atoms with Crippen molar-refractivity contribution in [2.75, 3.05) is 13.7 Å². The molecule has 0 aliphatic carbocycles. The van der Waals surface area contributed by atoms with Gasteiger partial charge in [0.1, 0.15) is 12.3 Å². The second-order valence-corrected chi connectivity index (χ2v) is 5.42. The first kappa shape index (κ1) is 18.1. The molecule has 0 saturated carbocycles. The number of carbonyl (C=O) groups excluding carboxylic acids is 2. The fourth-order valence-corrected chi connectivity index (χ4v) is 2.29. The van der Waals surface area contributed by atoms with Gasteiger partial charge in [-0.2, -0.15) is 4.98 Å². The van der Waals surface area contributed by atoms with E-state index in [0.29, 0.717) is 17.1 Å². The smallest absolute Gasteiger partial charge is 0.325 e. The lowest BCUT2D eigenvalue weighted by Gasteiger charge is -2.08. The Hall–Kier alpha value is -3.68. The van der Waals surface area contributed by atoms with Gasteiger partial charge in [0.05, 0.1) is 12.7 Å². The number of hydrogen-bond acceptors (Lipinski definition) is 7. The SMILES string of the molecule is COc1ccccc1C(=O)NCC(=O)OCc1nc(-c2ccccc2)no1. The van der Waals surface area contributed by atoms with Crippen LogP contribution in [0.2, 0.25) is 0 Å². The molecule has 0 unspecified atom stereocenters.